The molecule has 17 heavy (non-hydrogen) atoms. The van der Waals surface area contributed by atoms with Crippen molar-refractivity contribution < 1.29 is 23.4 Å². The predicted octanol–water partition coefficient (Wildman–Crippen LogP) is 2.04. The Balaban J connectivity index is 2.35. The highest BCUT2D eigenvalue weighted by molar-refractivity contribution is 9.10. The molecule has 1 aliphatic rings. The molecule has 1 heterocycles. The van der Waals surface area contributed by atoms with Crippen molar-refractivity contribution in [3.63, 3.8) is 0 Å². The van der Waals surface area contributed by atoms with E-state index in [2.05, 4.69) is 15.9 Å². The van der Waals surface area contributed by atoms with Crippen LogP contribution in [0, 0.1) is 11.6 Å². The second kappa shape index (κ2) is 4.58. The zero-order chi connectivity index (χ0) is 12.6. The van der Waals surface area contributed by atoms with Crippen LogP contribution in [0.15, 0.2) is 16.6 Å². The van der Waals surface area contributed by atoms with Crippen molar-refractivity contribution in [2.24, 2.45) is 0 Å². The van der Waals surface area contributed by atoms with E-state index < -0.39 is 23.8 Å². The number of aliphatic hydroxyl groups is 1. The molecule has 1 atom stereocenters. The number of halogens is 3. The van der Waals surface area contributed by atoms with E-state index in [0.29, 0.717) is 0 Å². The van der Waals surface area contributed by atoms with Gasteiger partial charge in [0.25, 0.3) is 0 Å². The summed E-state index contributed by atoms with van der Waals surface area (Å²) in [5.41, 5.74) is -0.202. The number of carbonyl (C=O) groups is 1. The maximum absolute atomic E-state index is 13.6. The number of hydrogen-bond acceptors (Lipinski definition) is 3. The largest absolute Gasteiger partial charge is 0.441 e. The van der Waals surface area contributed by atoms with Gasteiger partial charge in [-0.1, -0.05) is 0 Å². The number of amides is 1. The van der Waals surface area contributed by atoms with E-state index in [0.717, 1.165) is 4.90 Å². The lowest BCUT2D eigenvalue weighted by Gasteiger charge is -2.14. The highest BCUT2D eigenvalue weighted by atomic mass is 79.9. The van der Waals surface area contributed by atoms with E-state index in [9.17, 15) is 13.6 Å². The van der Waals surface area contributed by atoms with Crippen molar-refractivity contribution >= 4 is 27.7 Å². The van der Waals surface area contributed by atoms with Crippen LogP contribution in [-0.2, 0) is 4.74 Å². The number of hydrogen-bond donors (Lipinski definition) is 1. The fourth-order valence-electron chi connectivity index (χ4n) is 1.54. The predicted molar refractivity (Wildman–Crippen MR) is 58.8 cm³/mol. The number of rotatable bonds is 2. The summed E-state index contributed by atoms with van der Waals surface area (Å²) in [6.07, 6.45) is -1.52. The number of anilines is 1. The molecule has 0 aliphatic carbocycles. The minimum absolute atomic E-state index is 0.00662. The summed E-state index contributed by atoms with van der Waals surface area (Å²) in [4.78, 5) is 12.3. The van der Waals surface area contributed by atoms with E-state index in [1.807, 2.05) is 0 Å². The van der Waals surface area contributed by atoms with Gasteiger partial charge in [0.15, 0.2) is 11.6 Å². The van der Waals surface area contributed by atoms with Gasteiger partial charge in [-0.2, -0.15) is 0 Å². The highest BCUT2D eigenvalue weighted by Gasteiger charge is 2.34. The molecule has 1 N–H and O–H groups in total. The van der Waals surface area contributed by atoms with Gasteiger partial charge in [0.1, 0.15) is 6.10 Å². The molecule has 7 heteroatoms. The van der Waals surface area contributed by atoms with Gasteiger partial charge in [-0.25, -0.2) is 13.6 Å². The zero-order valence-corrected chi connectivity index (χ0v) is 10.1. The molecule has 0 aromatic heterocycles. The number of aliphatic hydroxyl groups excluding tert-OH is 1. The van der Waals surface area contributed by atoms with Crippen molar-refractivity contribution in [1.82, 2.24) is 0 Å². The van der Waals surface area contributed by atoms with E-state index in [-0.39, 0.29) is 23.3 Å². The zero-order valence-electron chi connectivity index (χ0n) is 8.49. The quantitative estimate of drug-likeness (QED) is 0.851. The summed E-state index contributed by atoms with van der Waals surface area (Å²) in [6.45, 7) is -0.365. The molecule has 1 amide bonds. The van der Waals surface area contributed by atoms with Gasteiger partial charge in [-0.3, -0.25) is 4.90 Å². The summed E-state index contributed by atoms with van der Waals surface area (Å²) >= 11 is 2.84. The van der Waals surface area contributed by atoms with Gasteiger partial charge >= 0.3 is 6.09 Å². The van der Waals surface area contributed by atoms with Gasteiger partial charge in [0.2, 0.25) is 0 Å². The van der Waals surface area contributed by atoms with Gasteiger partial charge in [0, 0.05) is 0 Å². The molecule has 92 valence electrons. The first-order valence-electron chi connectivity index (χ1n) is 4.77. The average molecular weight is 308 g/mol. The maximum atomic E-state index is 13.6. The van der Waals surface area contributed by atoms with Crippen LogP contribution in [0.1, 0.15) is 0 Å². The fourth-order valence-corrected chi connectivity index (χ4v) is 1.84. The van der Waals surface area contributed by atoms with E-state index in [1.54, 1.807) is 0 Å². The van der Waals surface area contributed by atoms with Crippen molar-refractivity contribution in [2.45, 2.75) is 6.10 Å². The molecular formula is C10H8BrF2NO3. The van der Waals surface area contributed by atoms with Crippen LogP contribution in [0.2, 0.25) is 0 Å². The first kappa shape index (κ1) is 12.3. The average Bonchev–Trinajstić information content (AvgIpc) is 2.68. The molecule has 4 nitrogen and oxygen atoms in total. The summed E-state index contributed by atoms with van der Waals surface area (Å²) in [7, 11) is 0. The van der Waals surface area contributed by atoms with Gasteiger partial charge in [0.05, 0.1) is 23.3 Å². The van der Waals surface area contributed by atoms with Gasteiger partial charge in [-0.15, -0.1) is 0 Å². The van der Waals surface area contributed by atoms with Gasteiger partial charge in [-0.05, 0) is 28.1 Å². The number of benzene rings is 1. The number of carbonyl (C=O) groups excluding carboxylic acids is 1. The summed E-state index contributed by atoms with van der Waals surface area (Å²) in [5, 5.41) is 8.84. The first-order chi connectivity index (χ1) is 8.04. The molecule has 0 saturated carbocycles. The van der Waals surface area contributed by atoms with E-state index in [1.165, 1.54) is 12.1 Å². The standard InChI is InChI=1S/C10H8BrF2NO3/c11-6-1-2-7(9(13)8(6)12)14-3-5(4-15)17-10(14)16/h1-2,5,15H,3-4H2. The third-order valence-corrected chi connectivity index (χ3v) is 3.00. The SMILES string of the molecule is O=C1OC(CO)CN1c1ccc(Br)c(F)c1F. The molecule has 0 spiro atoms. The van der Waals surface area contributed by atoms with Crippen LogP contribution in [-0.4, -0.2) is 30.5 Å². The minimum Gasteiger partial charge on any atom is -0.441 e. The Labute approximate surface area is 104 Å². The lowest BCUT2D eigenvalue weighted by molar-refractivity contribution is 0.0963. The first-order valence-corrected chi connectivity index (χ1v) is 5.56. The third-order valence-electron chi connectivity index (χ3n) is 2.38. The van der Waals surface area contributed by atoms with Crippen molar-refractivity contribution in [2.75, 3.05) is 18.1 Å². The molecule has 0 radical (unpaired) electrons. The monoisotopic (exact) mass is 307 g/mol. The topological polar surface area (TPSA) is 49.8 Å². The Morgan fingerprint density at radius 3 is 2.76 bits per heavy atom. The minimum atomic E-state index is -1.13. The highest BCUT2D eigenvalue weighted by Crippen LogP contribution is 2.29. The molecule has 0 bridgehead atoms. The third kappa shape index (κ3) is 2.12. The molecular weight excluding hydrogens is 300 g/mol. The molecule has 1 aliphatic heterocycles. The van der Waals surface area contributed by atoms with Crippen molar-refractivity contribution in [1.29, 1.82) is 0 Å². The van der Waals surface area contributed by atoms with E-state index in [4.69, 9.17) is 9.84 Å². The molecule has 2 rings (SSSR count). The van der Waals surface area contributed by atoms with Crippen LogP contribution in [0.25, 0.3) is 0 Å². The summed E-state index contributed by atoms with van der Waals surface area (Å²) in [6, 6.07) is 2.57. The number of ether oxygens (including phenoxy) is 1. The molecule has 1 fully saturated rings. The fraction of sp³-hybridized carbons (Fsp3) is 0.300. The van der Waals surface area contributed by atoms with Crippen LogP contribution >= 0.6 is 15.9 Å². The number of nitrogens with zero attached hydrogens (tertiary/aromatic N) is 1. The molecule has 1 saturated heterocycles. The Kier molecular flexibility index (Phi) is 3.30. The summed E-state index contributed by atoms with van der Waals surface area (Å²) in [5.74, 6) is -2.20. The molecule has 1 aromatic rings. The van der Waals surface area contributed by atoms with Crippen molar-refractivity contribution in [3.05, 3.63) is 28.2 Å². The lowest BCUT2D eigenvalue weighted by atomic mass is 10.2. The lowest BCUT2D eigenvalue weighted by Crippen LogP contribution is -2.26. The van der Waals surface area contributed by atoms with Crippen LogP contribution in [0.4, 0.5) is 19.3 Å². The van der Waals surface area contributed by atoms with E-state index >= 15 is 0 Å². The normalized spacial score (nSPS) is 19.6. The Morgan fingerprint density at radius 1 is 1.47 bits per heavy atom. The second-order valence-corrected chi connectivity index (χ2v) is 4.35. The van der Waals surface area contributed by atoms with Crippen LogP contribution < -0.4 is 4.90 Å². The Morgan fingerprint density at radius 2 is 2.18 bits per heavy atom. The van der Waals surface area contributed by atoms with Crippen LogP contribution in [0.3, 0.4) is 0 Å². The van der Waals surface area contributed by atoms with Gasteiger partial charge < -0.3 is 9.84 Å². The van der Waals surface area contributed by atoms with Crippen LogP contribution in [0.5, 0.6) is 0 Å². The summed E-state index contributed by atoms with van der Waals surface area (Å²) < 4.78 is 31.6. The second-order valence-electron chi connectivity index (χ2n) is 3.49. The number of cyclic esters (lactones) is 1. The van der Waals surface area contributed by atoms with Crippen molar-refractivity contribution in [3.8, 4) is 0 Å². The molecule has 1 aromatic carbocycles. The molecule has 1 unspecified atom stereocenters. The maximum Gasteiger partial charge on any atom is 0.414 e. The Hall–Kier alpha value is -1.21. The smallest absolute Gasteiger partial charge is 0.414 e. The Bertz CT molecular complexity index is 469.